The van der Waals surface area contributed by atoms with Gasteiger partial charge in [0.2, 0.25) is 0 Å². The molecule has 2 atom stereocenters. The van der Waals surface area contributed by atoms with Crippen LogP contribution in [0.25, 0.3) is 0 Å². The molecule has 0 saturated heterocycles. The van der Waals surface area contributed by atoms with Crippen molar-refractivity contribution in [3.63, 3.8) is 0 Å². The number of allylic oxidation sites excluding steroid dienone is 1. The van der Waals surface area contributed by atoms with Crippen LogP contribution in [-0.2, 0) is 0 Å². The normalized spacial score (nSPS) is 36.1. The minimum absolute atomic E-state index is 0.818. The third-order valence-corrected chi connectivity index (χ3v) is 2.48. The summed E-state index contributed by atoms with van der Waals surface area (Å²) in [7, 11) is 0. The van der Waals surface area contributed by atoms with E-state index in [1.54, 1.807) is 0 Å². The van der Waals surface area contributed by atoms with Crippen molar-refractivity contribution in [1.82, 2.24) is 0 Å². The molecule has 9 heavy (non-hydrogen) atoms. The first-order valence-electron chi connectivity index (χ1n) is 3.97. The lowest BCUT2D eigenvalue weighted by molar-refractivity contribution is 0.307. The van der Waals surface area contributed by atoms with E-state index in [1.165, 1.54) is 25.7 Å². The van der Waals surface area contributed by atoms with E-state index in [9.17, 15) is 0 Å². The van der Waals surface area contributed by atoms with Gasteiger partial charge in [-0.05, 0) is 18.3 Å². The Bertz CT molecular complexity index is 94.2. The van der Waals surface area contributed by atoms with Crippen LogP contribution in [0.1, 0.15) is 32.6 Å². The van der Waals surface area contributed by atoms with Crippen molar-refractivity contribution in [3.8, 4) is 0 Å². The van der Waals surface area contributed by atoms with Crippen molar-refractivity contribution < 1.29 is 0 Å². The van der Waals surface area contributed by atoms with Gasteiger partial charge < -0.3 is 0 Å². The van der Waals surface area contributed by atoms with Crippen molar-refractivity contribution in [2.75, 3.05) is 0 Å². The fourth-order valence-corrected chi connectivity index (χ4v) is 1.70. The molecule has 0 heterocycles. The Kier molecular flexibility index (Phi) is 2.32. The van der Waals surface area contributed by atoms with Crippen molar-refractivity contribution in [3.05, 3.63) is 12.7 Å². The summed E-state index contributed by atoms with van der Waals surface area (Å²) in [4.78, 5) is 0. The van der Waals surface area contributed by atoms with E-state index in [-0.39, 0.29) is 0 Å². The van der Waals surface area contributed by atoms with E-state index >= 15 is 0 Å². The van der Waals surface area contributed by atoms with Gasteiger partial charge in [-0.2, -0.15) is 0 Å². The first-order chi connectivity index (χ1) is 4.34. The van der Waals surface area contributed by atoms with Crippen LogP contribution in [0.3, 0.4) is 0 Å². The minimum Gasteiger partial charge on any atom is -0.103 e. The molecule has 0 heteroatoms. The smallest absolute Gasteiger partial charge is 0.0210 e. The number of hydrogen-bond donors (Lipinski definition) is 0. The van der Waals surface area contributed by atoms with Crippen LogP contribution >= 0.6 is 0 Å². The molecule has 1 fully saturated rings. The molecular weight excluding hydrogens is 108 g/mol. The summed E-state index contributed by atoms with van der Waals surface area (Å²) in [6.07, 6.45) is 7.78. The van der Waals surface area contributed by atoms with Gasteiger partial charge in [-0.1, -0.05) is 32.3 Å². The van der Waals surface area contributed by atoms with Crippen molar-refractivity contribution in [2.24, 2.45) is 11.8 Å². The van der Waals surface area contributed by atoms with Crippen LogP contribution < -0.4 is 0 Å². The highest BCUT2D eigenvalue weighted by Crippen LogP contribution is 2.29. The van der Waals surface area contributed by atoms with Crippen LogP contribution in [0.15, 0.2) is 12.7 Å². The van der Waals surface area contributed by atoms with Crippen LogP contribution in [0, 0.1) is 11.8 Å². The largest absolute Gasteiger partial charge is 0.103 e. The van der Waals surface area contributed by atoms with E-state index in [1.807, 2.05) is 0 Å². The van der Waals surface area contributed by atoms with Gasteiger partial charge in [0.1, 0.15) is 0 Å². The van der Waals surface area contributed by atoms with Gasteiger partial charge in [0.15, 0.2) is 0 Å². The molecule has 0 aliphatic heterocycles. The Hall–Kier alpha value is -0.260. The summed E-state index contributed by atoms with van der Waals surface area (Å²) < 4.78 is 0. The first-order valence-corrected chi connectivity index (χ1v) is 3.97. The molecule has 0 spiro atoms. The SMILES string of the molecule is C=C[C@@H]1CCCCC1C. The lowest BCUT2D eigenvalue weighted by Crippen LogP contribution is -2.13. The Morgan fingerprint density at radius 1 is 1.33 bits per heavy atom. The molecule has 0 radical (unpaired) electrons. The maximum absolute atomic E-state index is 3.83. The average molecular weight is 124 g/mol. The molecule has 1 rings (SSSR count). The molecule has 52 valence electrons. The monoisotopic (exact) mass is 124 g/mol. The molecule has 1 saturated carbocycles. The molecule has 0 amide bonds. The molecule has 1 unspecified atom stereocenters. The van der Waals surface area contributed by atoms with Crippen LogP contribution in [0.4, 0.5) is 0 Å². The lowest BCUT2D eigenvalue weighted by atomic mass is 9.81. The van der Waals surface area contributed by atoms with Crippen LogP contribution in [0.2, 0.25) is 0 Å². The van der Waals surface area contributed by atoms with E-state index in [2.05, 4.69) is 19.6 Å². The molecule has 1 aliphatic rings. The Morgan fingerprint density at radius 3 is 2.44 bits per heavy atom. The highest BCUT2D eigenvalue weighted by molar-refractivity contribution is 4.85. The summed E-state index contributed by atoms with van der Waals surface area (Å²) >= 11 is 0. The van der Waals surface area contributed by atoms with Crippen molar-refractivity contribution >= 4 is 0 Å². The standard InChI is InChI=1S/C9H16/c1-3-9-7-5-4-6-8(9)2/h3,8-9H,1,4-7H2,2H3/t8?,9-/m1/s1. The summed E-state index contributed by atoms with van der Waals surface area (Å²) in [6, 6.07) is 0. The van der Waals surface area contributed by atoms with Gasteiger partial charge in [-0.15, -0.1) is 6.58 Å². The zero-order valence-electron chi connectivity index (χ0n) is 6.27. The second-order valence-corrected chi connectivity index (χ2v) is 3.16. The van der Waals surface area contributed by atoms with E-state index < -0.39 is 0 Å². The summed E-state index contributed by atoms with van der Waals surface area (Å²) in [5.41, 5.74) is 0. The van der Waals surface area contributed by atoms with Crippen LogP contribution in [-0.4, -0.2) is 0 Å². The zero-order valence-corrected chi connectivity index (χ0v) is 6.27. The quantitative estimate of drug-likeness (QED) is 0.471. The van der Waals surface area contributed by atoms with Crippen molar-refractivity contribution in [1.29, 1.82) is 0 Å². The van der Waals surface area contributed by atoms with Gasteiger partial charge in [-0.3, -0.25) is 0 Å². The fraction of sp³-hybridized carbons (Fsp3) is 0.778. The third-order valence-electron chi connectivity index (χ3n) is 2.48. The number of hydrogen-bond acceptors (Lipinski definition) is 0. The van der Waals surface area contributed by atoms with Crippen molar-refractivity contribution in [2.45, 2.75) is 32.6 Å². The summed E-state index contributed by atoms with van der Waals surface area (Å²) in [5, 5.41) is 0. The van der Waals surface area contributed by atoms with Crippen LogP contribution in [0.5, 0.6) is 0 Å². The fourth-order valence-electron chi connectivity index (χ4n) is 1.70. The number of rotatable bonds is 1. The highest BCUT2D eigenvalue weighted by atomic mass is 14.2. The maximum atomic E-state index is 3.83. The molecule has 0 aromatic carbocycles. The van der Waals surface area contributed by atoms with Gasteiger partial charge >= 0.3 is 0 Å². The minimum atomic E-state index is 0.818. The predicted octanol–water partition coefficient (Wildman–Crippen LogP) is 3.00. The second kappa shape index (κ2) is 3.05. The summed E-state index contributed by atoms with van der Waals surface area (Å²) in [5.74, 6) is 1.72. The topological polar surface area (TPSA) is 0 Å². The highest BCUT2D eigenvalue weighted by Gasteiger charge is 2.17. The van der Waals surface area contributed by atoms with E-state index in [0.717, 1.165) is 11.8 Å². The van der Waals surface area contributed by atoms with E-state index in [4.69, 9.17) is 0 Å². The van der Waals surface area contributed by atoms with E-state index in [0.29, 0.717) is 0 Å². The molecule has 0 bridgehead atoms. The Morgan fingerprint density at radius 2 is 2.00 bits per heavy atom. The molecule has 0 N–H and O–H groups in total. The average Bonchev–Trinajstić information content (AvgIpc) is 1.89. The molecule has 0 aromatic rings. The molecule has 0 nitrogen and oxygen atoms in total. The molecule has 0 aromatic heterocycles. The second-order valence-electron chi connectivity index (χ2n) is 3.16. The van der Waals surface area contributed by atoms with Gasteiger partial charge in [0, 0.05) is 0 Å². The molecular formula is C9H16. The summed E-state index contributed by atoms with van der Waals surface area (Å²) in [6.45, 7) is 6.17. The first kappa shape index (κ1) is 6.85. The Labute approximate surface area is 58.0 Å². The maximum Gasteiger partial charge on any atom is -0.0210 e. The Balaban J connectivity index is 2.38. The van der Waals surface area contributed by atoms with Gasteiger partial charge in [0.05, 0.1) is 0 Å². The lowest BCUT2D eigenvalue weighted by Gasteiger charge is -2.25. The third kappa shape index (κ3) is 1.57. The molecule has 1 aliphatic carbocycles. The van der Waals surface area contributed by atoms with Gasteiger partial charge in [0.25, 0.3) is 0 Å². The van der Waals surface area contributed by atoms with Gasteiger partial charge in [-0.25, -0.2) is 0 Å². The zero-order chi connectivity index (χ0) is 6.69. The predicted molar refractivity (Wildman–Crippen MR) is 41.3 cm³/mol.